The standard InChI is InChI=1S/C17H33NO/c1-3-15-9-11-17(12-10-15,14-18-2)19-13-16-7-5-4-6-8-16/h15-16,18H,3-14H2,1-2H3. The minimum absolute atomic E-state index is 0.151. The van der Waals surface area contributed by atoms with Gasteiger partial charge >= 0.3 is 0 Å². The van der Waals surface area contributed by atoms with Crippen molar-refractivity contribution in [2.75, 3.05) is 20.2 Å². The number of rotatable bonds is 6. The maximum absolute atomic E-state index is 6.48. The van der Waals surface area contributed by atoms with Gasteiger partial charge in [-0.3, -0.25) is 0 Å². The van der Waals surface area contributed by atoms with Crippen LogP contribution in [0.3, 0.4) is 0 Å². The van der Waals surface area contributed by atoms with Crippen molar-refractivity contribution in [1.82, 2.24) is 5.32 Å². The normalized spacial score (nSPS) is 33.5. The molecule has 0 aromatic rings. The molecule has 2 aliphatic rings. The molecule has 0 bridgehead atoms. The average Bonchev–Trinajstić information content (AvgIpc) is 2.48. The van der Waals surface area contributed by atoms with Crippen LogP contribution in [0, 0.1) is 11.8 Å². The highest BCUT2D eigenvalue weighted by Crippen LogP contribution is 2.37. The SMILES string of the molecule is CCC1CCC(CNC)(OCC2CCCCC2)CC1. The summed E-state index contributed by atoms with van der Waals surface area (Å²) in [6.45, 7) is 4.38. The van der Waals surface area contributed by atoms with E-state index in [1.165, 1.54) is 64.2 Å². The first-order valence-corrected chi connectivity index (χ1v) is 8.56. The van der Waals surface area contributed by atoms with Crippen molar-refractivity contribution in [1.29, 1.82) is 0 Å². The summed E-state index contributed by atoms with van der Waals surface area (Å²) in [6, 6.07) is 0. The van der Waals surface area contributed by atoms with E-state index < -0.39 is 0 Å². The summed E-state index contributed by atoms with van der Waals surface area (Å²) in [5.74, 6) is 1.79. The molecular weight excluding hydrogens is 234 g/mol. The molecule has 19 heavy (non-hydrogen) atoms. The third kappa shape index (κ3) is 4.46. The lowest BCUT2D eigenvalue weighted by Gasteiger charge is -2.41. The summed E-state index contributed by atoms with van der Waals surface area (Å²) in [5, 5.41) is 3.37. The predicted octanol–water partition coefficient (Wildman–Crippen LogP) is 4.14. The molecule has 2 rings (SSSR count). The van der Waals surface area contributed by atoms with Crippen LogP contribution in [0.5, 0.6) is 0 Å². The Labute approximate surface area is 119 Å². The molecule has 2 aliphatic carbocycles. The highest BCUT2D eigenvalue weighted by molar-refractivity contribution is 4.89. The molecule has 0 amide bonds. The Balaban J connectivity index is 1.81. The van der Waals surface area contributed by atoms with Gasteiger partial charge in [-0.05, 0) is 57.4 Å². The van der Waals surface area contributed by atoms with Crippen molar-refractivity contribution in [3.63, 3.8) is 0 Å². The third-order valence-electron chi connectivity index (χ3n) is 5.44. The second kappa shape index (κ2) is 7.64. The van der Waals surface area contributed by atoms with Crippen molar-refractivity contribution in [2.45, 2.75) is 76.7 Å². The van der Waals surface area contributed by atoms with Crippen molar-refractivity contribution in [3.05, 3.63) is 0 Å². The zero-order chi connectivity index (χ0) is 13.6. The molecule has 0 heterocycles. The van der Waals surface area contributed by atoms with Gasteiger partial charge in [0.05, 0.1) is 12.2 Å². The minimum atomic E-state index is 0.151. The van der Waals surface area contributed by atoms with E-state index in [1.54, 1.807) is 0 Å². The molecule has 0 saturated heterocycles. The Hall–Kier alpha value is -0.0800. The lowest BCUT2D eigenvalue weighted by atomic mass is 9.77. The van der Waals surface area contributed by atoms with Crippen molar-refractivity contribution < 1.29 is 4.74 Å². The maximum atomic E-state index is 6.48. The Bertz CT molecular complexity index is 240. The lowest BCUT2D eigenvalue weighted by Crippen LogP contribution is -2.46. The van der Waals surface area contributed by atoms with Crippen LogP contribution in [0.2, 0.25) is 0 Å². The number of nitrogens with one attached hydrogen (secondary N) is 1. The summed E-state index contributed by atoms with van der Waals surface area (Å²) in [6.07, 6.45) is 13.7. The average molecular weight is 267 g/mol. The van der Waals surface area contributed by atoms with Crippen LogP contribution in [0.1, 0.15) is 71.1 Å². The summed E-state index contributed by atoms with van der Waals surface area (Å²) >= 11 is 0. The van der Waals surface area contributed by atoms with Gasteiger partial charge in [0, 0.05) is 6.54 Å². The largest absolute Gasteiger partial charge is 0.373 e. The number of ether oxygens (including phenoxy) is 1. The van der Waals surface area contributed by atoms with Crippen molar-refractivity contribution >= 4 is 0 Å². The van der Waals surface area contributed by atoms with Gasteiger partial charge in [0.1, 0.15) is 0 Å². The van der Waals surface area contributed by atoms with Crippen LogP contribution in [0.25, 0.3) is 0 Å². The molecular formula is C17H33NO. The molecule has 2 fully saturated rings. The van der Waals surface area contributed by atoms with E-state index in [9.17, 15) is 0 Å². The van der Waals surface area contributed by atoms with Gasteiger partial charge in [-0.2, -0.15) is 0 Å². The topological polar surface area (TPSA) is 21.3 Å². The molecule has 0 aromatic heterocycles. The van der Waals surface area contributed by atoms with E-state index in [4.69, 9.17) is 4.74 Å². The molecule has 2 heteroatoms. The molecule has 2 nitrogen and oxygen atoms in total. The zero-order valence-electron chi connectivity index (χ0n) is 13.0. The van der Waals surface area contributed by atoms with E-state index in [1.807, 2.05) is 0 Å². The zero-order valence-corrected chi connectivity index (χ0v) is 13.0. The highest BCUT2D eigenvalue weighted by Gasteiger charge is 2.35. The summed E-state index contributed by atoms with van der Waals surface area (Å²) in [4.78, 5) is 0. The maximum Gasteiger partial charge on any atom is 0.0806 e. The van der Waals surface area contributed by atoms with Crippen LogP contribution >= 0.6 is 0 Å². The van der Waals surface area contributed by atoms with Crippen molar-refractivity contribution in [2.24, 2.45) is 11.8 Å². The van der Waals surface area contributed by atoms with Gasteiger partial charge in [0.25, 0.3) is 0 Å². The quantitative estimate of drug-likeness (QED) is 0.781. The Morgan fingerprint density at radius 3 is 2.26 bits per heavy atom. The Morgan fingerprint density at radius 2 is 1.68 bits per heavy atom. The molecule has 2 saturated carbocycles. The van der Waals surface area contributed by atoms with Crippen LogP contribution in [-0.2, 0) is 4.74 Å². The summed E-state index contributed by atoms with van der Waals surface area (Å²) < 4.78 is 6.48. The number of hydrogen-bond donors (Lipinski definition) is 1. The second-order valence-electron chi connectivity index (χ2n) is 6.88. The molecule has 112 valence electrons. The predicted molar refractivity (Wildman–Crippen MR) is 81.4 cm³/mol. The molecule has 0 aromatic carbocycles. The van der Waals surface area contributed by atoms with Crippen LogP contribution < -0.4 is 5.32 Å². The molecule has 0 spiro atoms. The fourth-order valence-electron chi connectivity index (χ4n) is 3.95. The monoisotopic (exact) mass is 267 g/mol. The number of hydrogen-bond acceptors (Lipinski definition) is 2. The van der Waals surface area contributed by atoms with E-state index >= 15 is 0 Å². The first-order valence-electron chi connectivity index (χ1n) is 8.56. The lowest BCUT2D eigenvalue weighted by molar-refractivity contribution is -0.0911. The van der Waals surface area contributed by atoms with Gasteiger partial charge in [-0.1, -0.05) is 32.6 Å². The van der Waals surface area contributed by atoms with Gasteiger partial charge in [0.2, 0.25) is 0 Å². The Morgan fingerprint density at radius 1 is 1.00 bits per heavy atom. The first-order chi connectivity index (χ1) is 9.28. The molecule has 0 unspecified atom stereocenters. The number of likely N-dealkylation sites (N-methyl/N-ethyl adjacent to an activating group) is 1. The van der Waals surface area contributed by atoms with E-state index in [0.29, 0.717) is 0 Å². The van der Waals surface area contributed by atoms with E-state index in [2.05, 4.69) is 19.3 Å². The summed E-state index contributed by atoms with van der Waals surface area (Å²) in [5.41, 5.74) is 0.151. The Kier molecular flexibility index (Phi) is 6.15. The minimum Gasteiger partial charge on any atom is -0.373 e. The highest BCUT2D eigenvalue weighted by atomic mass is 16.5. The summed E-state index contributed by atoms with van der Waals surface area (Å²) in [7, 11) is 2.07. The molecule has 0 aliphatic heterocycles. The van der Waals surface area contributed by atoms with Gasteiger partial charge < -0.3 is 10.1 Å². The van der Waals surface area contributed by atoms with Gasteiger partial charge in [0.15, 0.2) is 0 Å². The smallest absolute Gasteiger partial charge is 0.0806 e. The van der Waals surface area contributed by atoms with Crippen molar-refractivity contribution in [3.8, 4) is 0 Å². The van der Waals surface area contributed by atoms with E-state index in [0.717, 1.165) is 25.0 Å². The van der Waals surface area contributed by atoms with Crippen LogP contribution in [0.15, 0.2) is 0 Å². The first kappa shape index (κ1) is 15.3. The molecule has 0 atom stereocenters. The van der Waals surface area contributed by atoms with Crippen LogP contribution in [-0.4, -0.2) is 25.8 Å². The third-order valence-corrected chi connectivity index (χ3v) is 5.44. The fourth-order valence-corrected chi connectivity index (χ4v) is 3.95. The molecule has 1 N–H and O–H groups in total. The van der Waals surface area contributed by atoms with Crippen LogP contribution in [0.4, 0.5) is 0 Å². The van der Waals surface area contributed by atoms with E-state index in [-0.39, 0.29) is 5.60 Å². The molecule has 0 radical (unpaired) electrons. The second-order valence-corrected chi connectivity index (χ2v) is 6.88. The van der Waals surface area contributed by atoms with Gasteiger partial charge in [-0.15, -0.1) is 0 Å². The van der Waals surface area contributed by atoms with Gasteiger partial charge in [-0.25, -0.2) is 0 Å². The fraction of sp³-hybridized carbons (Fsp3) is 1.00.